The molecule has 0 aliphatic heterocycles. The number of ether oxygens (including phenoxy) is 2. The number of carbonyl (C=O) groups excluding carboxylic acids is 1. The maximum absolute atomic E-state index is 11.3. The highest BCUT2D eigenvalue weighted by molar-refractivity contribution is 6.30. The van der Waals surface area contributed by atoms with Gasteiger partial charge >= 0.3 is 5.97 Å². The van der Waals surface area contributed by atoms with Crippen molar-refractivity contribution in [3.8, 4) is 5.75 Å². The fourth-order valence-electron chi connectivity index (χ4n) is 1.94. The highest BCUT2D eigenvalue weighted by Crippen LogP contribution is 2.18. The summed E-state index contributed by atoms with van der Waals surface area (Å²) < 4.78 is 10.1. The predicted octanol–water partition coefficient (Wildman–Crippen LogP) is 3.87. The molecule has 0 fully saturated rings. The van der Waals surface area contributed by atoms with Crippen molar-refractivity contribution in [2.24, 2.45) is 0 Å². The SMILES string of the molecule is COC(=O)[C@H](C)Oc1ccc(Cc2ccc(Cl)cc2)cc1. The van der Waals surface area contributed by atoms with Gasteiger partial charge in [0.25, 0.3) is 0 Å². The molecule has 2 aromatic rings. The van der Waals surface area contributed by atoms with Crippen molar-refractivity contribution in [1.82, 2.24) is 0 Å². The van der Waals surface area contributed by atoms with Crippen molar-refractivity contribution in [2.45, 2.75) is 19.4 Å². The van der Waals surface area contributed by atoms with Crippen molar-refractivity contribution in [3.63, 3.8) is 0 Å². The summed E-state index contributed by atoms with van der Waals surface area (Å²) in [5.41, 5.74) is 2.35. The molecule has 0 saturated carbocycles. The smallest absolute Gasteiger partial charge is 0.346 e. The predicted molar refractivity (Wildman–Crippen MR) is 82.8 cm³/mol. The molecule has 1 atom stereocenters. The van der Waals surface area contributed by atoms with Gasteiger partial charge < -0.3 is 9.47 Å². The van der Waals surface area contributed by atoms with E-state index in [4.69, 9.17) is 16.3 Å². The molecule has 110 valence electrons. The van der Waals surface area contributed by atoms with Crippen molar-refractivity contribution in [3.05, 3.63) is 64.7 Å². The Labute approximate surface area is 129 Å². The molecule has 0 radical (unpaired) electrons. The van der Waals surface area contributed by atoms with Gasteiger partial charge in [0.1, 0.15) is 5.75 Å². The minimum atomic E-state index is -0.614. The van der Waals surface area contributed by atoms with Crippen molar-refractivity contribution < 1.29 is 14.3 Å². The first-order valence-corrected chi connectivity index (χ1v) is 7.04. The molecule has 0 unspecified atom stereocenters. The largest absolute Gasteiger partial charge is 0.479 e. The van der Waals surface area contributed by atoms with Gasteiger partial charge in [0.15, 0.2) is 6.10 Å². The summed E-state index contributed by atoms with van der Waals surface area (Å²) in [7, 11) is 1.34. The van der Waals surface area contributed by atoms with E-state index >= 15 is 0 Å². The fraction of sp³-hybridized carbons (Fsp3) is 0.235. The standard InChI is InChI=1S/C17H17ClO3/c1-12(17(19)20-2)21-16-9-5-14(6-10-16)11-13-3-7-15(18)8-4-13/h3-10,12H,11H2,1-2H3/t12-/m0/s1. The third-order valence-electron chi connectivity index (χ3n) is 3.09. The van der Waals surface area contributed by atoms with Crippen LogP contribution < -0.4 is 4.74 Å². The normalized spacial score (nSPS) is 11.8. The van der Waals surface area contributed by atoms with E-state index in [2.05, 4.69) is 4.74 Å². The van der Waals surface area contributed by atoms with Crippen LogP contribution in [0.25, 0.3) is 0 Å². The van der Waals surface area contributed by atoms with E-state index in [0.717, 1.165) is 17.0 Å². The first-order valence-electron chi connectivity index (χ1n) is 6.66. The van der Waals surface area contributed by atoms with E-state index in [1.165, 1.54) is 12.7 Å². The lowest BCUT2D eigenvalue weighted by Gasteiger charge is -2.12. The van der Waals surface area contributed by atoms with Crippen LogP contribution in [0.5, 0.6) is 5.75 Å². The summed E-state index contributed by atoms with van der Waals surface area (Å²) in [6.45, 7) is 1.66. The van der Waals surface area contributed by atoms with Crippen LogP contribution in [0.1, 0.15) is 18.1 Å². The zero-order chi connectivity index (χ0) is 15.2. The van der Waals surface area contributed by atoms with Crippen LogP contribution in [0.4, 0.5) is 0 Å². The molecule has 0 aliphatic rings. The number of carbonyl (C=O) groups is 1. The molecule has 4 heteroatoms. The number of hydrogen-bond acceptors (Lipinski definition) is 3. The van der Waals surface area contributed by atoms with Crippen molar-refractivity contribution in [2.75, 3.05) is 7.11 Å². The summed E-state index contributed by atoms with van der Waals surface area (Å²) in [6, 6.07) is 15.4. The summed E-state index contributed by atoms with van der Waals surface area (Å²) in [5.74, 6) is 0.257. The summed E-state index contributed by atoms with van der Waals surface area (Å²) in [6.07, 6.45) is 0.210. The van der Waals surface area contributed by atoms with Gasteiger partial charge in [-0.1, -0.05) is 35.9 Å². The van der Waals surface area contributed by atoms with Crippen LogP contribution in [0.3, 0.4) is 0 Å². The van der Waals surface area contributed by atoms with E-state index in [-0.39, 0.29) is 5.97 Å². The van der Waals surface area contributed by atoms with Crippen molar-refractivity contribution >= 4 is 17.6 Å². The van der Waals surface area contributed by atoms with Gasteiger partial charge in [0.2, 0.25) is 0 Å². The van der Waals surface area contributed by atoms with E-state index in [1.54, 1.807) is 6.92 Å². The second kappa shape index (κ2) is 7.14. The maximum Gasteiger partial charge on any atom is 0.346 e. The molecule has 0 amide bonds. The third-order valence-corrected chi connectivity index (χ3v) is 3.34. The Morgan fingerprint density at radius 1 is 1.05 bits per heavy atom. The Bertz CT molecular complexity index is 590. The van der Waals surface area contributed by atoms with E-state index in [9.17, 15) is 4.79 Å². The molecule has 0 aliphatic carbocycles. The van der Waals surface area contributed by atoms with Gasteiger partial charge in [-0.15, -0.1) is 0 Å². The van der Waals surface area contributed by atoms with Crippen LogP contribution in [0.2, 0.25) is 5.02 Å². The number of methoxy groups -OCH3 is 1. The molecule has 3 nitrogen and oxygen atoms in total. The fourth-order valence-corrected chi connectivity index (χ4v) is 2.07. The third kappa shape index (κ3) is 4.50. The Morgan fingerprint density at radius 3 is 2.10 bits per heavy atom. The Morgan fingerprint density at radius 2 is 1.57 bits per heavy atom. The van der Waals surface area contributed by atoms with E-state index in [0.29, 0.717) is 5.75 Å². The summed E-state index contributed by atoms with van der Waals surface area (Å²) >= 11 is 5.87. The first kappa shape index (κ1) is 15.4. The van der Waals surface area contributed by atoms with Crippen LogP contribution in [-0.4, -0.2) is 19.2 Å². The van der Waals surface area contributed by atoms with Gasteiger partial charge in [-0.25, -0.2) is 4.79 Å². The van der Waals surface area contributed by atoms with Crippen LogP contribution >= 0.6 is 11.6 Å². The Hall–Kier alpha value is -2.00. The quantitative estimate of drug-likeness (QED) is 0.787. The van der Waals surface area contributed by atoms with E-state index < -0.39 is 6.10 Å². The molecular formula is C17H17ClO3. The molecule has 0 saturated heterocycles. The number of benzene rings is 2. The average Bonchev–Trinajstić information content (AvgIpc) is 2.50. The number of esters is 1. The highest BCUT2D eigenvalue weighted by Gasteiger charge is 2.14. The molecule has 0 N–H and O–H groups in total. The zero-order valence-corrected chi connectivity index (χ0v) is 12.8. The molecule has 0 bridgehead atoms. The molecule has 2 rings (SSSR count). The zero-order valence-electron chi connectivity index (χ0n) is 12.0. The van der Waals surface area contributed by atoms with Crippen LogP contribution in [-0.2, 0) is 16.0 Å². The van der Waals surface area contributed by atoms with E-state index in [1.807, 2.05) is 48.5 Å². The van der Waals surface area contributed by atoms with Gasteiger partial charge in [0.05, 0.1) is 7.11 Å². The Kier molecular flexibility index (Phi) is 5.23. The van der Waals surface area contributed by atoms with Gasteiger partial charge in [-0.2, -0.15) is 0 Å². The molecule has 0 aromatic heterocycles. The number of hydrogen-bond donors (Lipinski definition) is 0. The molecular weight excluding hydrogens is 288 g/mol. The van der Waals surface area contributed by atoms with Gasteiger partial charge in [-0.05, 0) is 48.7 Å². The first-order chi connectivity index (χ1) is 10.1. The van der Waals surface area contributed by atoms with Gasteiger partial charge in [0, 0.05) is 5.02 Å². The molecule has 0 heterocycles. The topological polar surface area (TPSA) is 35.5 Å². The maximum atomic E-state index is 11.3. The molecule has 0 spiro atoms. The van der Waals surface area contributed by atoms with Crippen LogP contribution in [0, 0.1) is 0 Å². The van der Waals surface area contributed by atoms with Gasteiger partial charge in [-0.3, -0.25) is 0 Å². The van der Waals surface area contributed by atoms with Crippen LogP contribution in [0.15, 0.2) is 48.5 Å². The average molecular weight is 305 g/mol. The van der Waals surface area contributed by atoms with Crippen molar-refractivity contribution in [1.29, 1.82) is 0 Å². The molecule has 21 heavy (non-hydrogen) atoms. The minimum absolute atomic E-state index is 0.389. The monoisotopic (exact) mass is 304 g/mol. The minimum Gasteiger partial charge on any atom is -0.479 e. The lowest BCUT2D eigenvalue weighted by atomic mass is 10.1. The second-order valence-electron chi connectivity index (χ2n) is 4.73. The summed E-state index contributed by atoms with van der Waals surface area (Å²) in [4.78, 5) is 11.3. The number of rotatable bonds is 5. The Balaban J connectivity index is 1.98. The number of halogens is 1. The molecule has 2 aromatic carbocycles. The summed E-state index contributed by atoms with van der Waals surface area (Å²) in [5, 5.41) is 0.735. The second-order valence-corrected chi connectivity index (χ2v) is 5.17. The lowest BCUT2D eigenvalue weighted by Crippen LogP contribution is -2.24. The lowest BCUT2D eigenvalue weighted by molar-refractivity contribution is -0.147. The highest BCUT2D eigenvalue weighted by atomic mass is 35.5.